The van der Waals surface area contributed by atoms with Crippen LogP contribution < -0.4 is 4.90 Å². The van der Waals surface area contributed by atoms with Gasteiger partial charge in [-0.2, -0.15) is 0 Å². The first-order valence-corrected chi connectivity index (χ1v) is 12.6. The molecule has 2 aromatic carbocycles. The van der Waals surface area contributed by atoms with Gasteiger partial charge in [-0.1, -0.05) is 36.2 Å². The summed E-state index contributed by atoms with van der Waals surface area (Å²) in [6.45, 7) is 4.13. The first-order chi connectivity index (χ1) is 16.9. The molecule has 1 amide bonds. The molecule has 5 rings (SSSR count). The molecule has 35 heavy (non-hydrogen) atoms. The Labute approximate surface area is 205 Å². The number of hydrogen-bond acceptors (Lipinski definition) is 4. The second kappa shape index (κ2) is 9.36. The Morgan fingerprint density at radius 3 is 2.74 bits per heavy atom. The minimum Gasteiger partial charge on any atom is -0.481 e. The molecule has 0 bridgehead atoms. The third-order valence-corrected chi connectivity index (χ3v) is 7.70. The Morgan fingerprint density at radius 1 is 1.17 bits per heavy atom. The number of fused-ring (bicyclic) bond motifs is 3. The smallest absolute Gasteiger partial charge is 0.414 e. The monoisotopic (exact) mass is 475 g/mol. The zero-order valence-electron chi connectivity index (χ0n) is 20.7. The molecule has 1 saturated carbocycles. The average Bonchev–Trinajstić information content (AvgIpc) is 3.21. The standard InChI is InChI=1S/C28H33N3O4/c1-17-6-4-7-19(14-17)15-25-29-26-22-11-10-18(2)30(28(34)35-3)23(22)12-13-24(26)31(25)21-9-5-8-20(16-21)27(32)33/h4,6-7,12-14,18,20-21H,5,8-11,15-16H2,1-3H3,(H,32,33)/t18?,20-,21-/m1/s1. The van der Waals surface area contributed by atoms with Crippen molar-refractivity contribution in [2.24, 2.45) is 5.92 Å². The normalized spacial score (nSPS) is 22.1. The molecule has 0 spiro atoms. The number of aryl methyl sites for hydroxylation is 2. The largest absolute Gasteiger partial charge is 0.481 e. The van der Waals surface area contributed by atoms with Gasteiger partial charge in [-0.05, 0) is 63.6 Å². The van der Waals surface area contributed by atoms with Gasteiger partial charge in [0.05, 0.1) is 29.7 Å². The van der Waals surface area contributed by atoms with Crippen LogP contribution in [0, 0.1) is 12.8 Å². The minimum absolute atomic E-state index is 0.0518. The number of hydrogen-bond donors (Lipinski definition) is 1. The van der Waals surface area contributed by atoms with Crippen LogP contribution in [0.1, 0.15) is 67.6 Å². The highest BCUT2D eigenvalue weighted by atomic mass is 16.5. The van der Waals surface area contributed by atoms with Gasteiger partial charge in [0.1, 0.15) is 5.82 Å². The van der Waals surface area contributed by atoms with Crippen molar-refractivity contribution in [2.75, 3.05) is 12.0 Å². The molecular formula is C28H33N3O4. The van der Waals surface area contributed by atoms with Crippen LogP contribution in [0.4, 0.5) is 10.5 Å². The van der Waals surface area contributed by atoms with Crippen LogP contribution in [0.5, 0.6) is 0 Å². The van der Waals surface area contributed by atoms with Gasteiger partial charge >= 0.3 is 12.1 Å². The van der Waals surface area contributed by atoms with Crippen LogP contribution in [-0.2, 0) is 22.4 Å². The summed E-state index contributed by atoms with van der Waals surface area (Å²) in [5.41, 5.74) is 6.27. The van der Waals surface area contributed by atoms with Crippen LogP contribution in [0.25, 0.3) is 11.0 Å². The lowest BCUT2D eigenvalue weighted by Gasteiger charge is -2.34. The van der Waals surface area contributed by atoms with Crippen molar-refractivity contribution in [3.8, 4) is 0 Å². The predicted molar refractivity (Wildman–Crippen MR) is 135 cm³/mol. The molecule has 1 N–H and O–H groups in total. The number of amides is 1. The summed E-state index contributed by atoms with van der Waals surface area (Å²) < 4.78 is 7.38. The Balaban J connectivity index is 1.66. The van der Waals surface area contributed by atoms with Gasteiger partial charge in [0, 0.05) is 24.1 Å². The number of methoxy groups -OCH3 is 1. The first-order valence-electron chi connectivity index (χ1n) is 12.6. The van der Waals surface area contributed by atoms with Crippen LogP contribution in [0.2, 0.25) is 0 Å². The van der Waals surface area contributed by atoms with Crippen LogP contribution in [0.3, 0.4) is 0 Å². The van der Waals surface area contributed by atoms with Gasteiger partial charge in [-0.15, -0.1) is 0 Å². The van der Waals surface area contributed by atoms with E-state index in [0.717, 1.165) is 60.2 Å². The van der Waals surface area contributed by atoms with Gasteiger partial charge in [0.2, 0.25) is 0 Å². The number of aromatic nitrogens is 2. The summed E-state index contributed by atoms with van der Waals surface area (Å²) in [7, 11) is 1.42. The van der Waals surface area contributed by atoms with Crippen molar-refractivity contribution in [2.45, 2.75) is 70.9 Å². The van der Waals surface area contributed by atoms with Crippen LogP contribution >= 0.6 is 0 Å². The first kappa shape index (κ1) is 23.4. The van der Waals surface area contributed by atoms with E-state index in [1.807, 2.05) is 13.0 Å². The summed E-state index contributed by atoms with van der Waals surface area (Å²) in [5, 5.41) is 9.72. The number of anilines is 1. The van der Waals surface area contributed by atoms with E-state index in [4.69, 9.17) is 9.72 Å². The molecule has 3 aromatic rings. The number of carboxylic acid groups (broad SMARTS) is 1. The Kier molecular flexibility index (Phi) is 6.26. The van der Waals surface area contributed by atoms with Crippen molar-refractivity contribution < 1.29 is 19.4 Å². The molecule has 2 aliphatic rings. The Morgan fingerprint density at radius 2 is 2.00 bits per heavy atom. The topological polar surface area (TPSA) is 84.7 Å². The molecule has 7 heteroatoms. The minimum atomic E-state index is -0.709. The summed E-state index contributed by atoms with van der Waals surface area (Å²) in [6, 6.07) is 12.7. The van der Waals surface area contributed by atoms with E-state index in [9.17, 15) is 14.7 Å². The molecule has 1 aliphatic carbocycles. The van der Waals surface area contributed by atoms with Crippen molar-refractivity contribution in [3.63, 3.8) is 0 Å². The maximum Gasteiger partial charge on any atom is 0.414 e. The second-order valence-corrected chi connectivity index (χ2v) is 10.1. The maximum atomic E-state index is 12.6. The van der Waals surface area contributed by atoms with Gasteiger partial charge < -0.3 is 14.4 Å². The fourth-order valence-electron chi connectivity index (χ4n) is 5.98. The second-order valence-electron chi connectivity index (χ2n) is 10.1. The lowest BCUT2D eigenvalue weighted by molar-refractivity contribution is -0.143. The van der Waals surface area contributed by atoms with Gasteiger partial charge in [-0.25, -0.2) is 9.78 Å². The molecule has 0 saturated heterocycles. The number of aliphatic carboxylic acids is 1. The maximum absolute atomic E-state index is 12.6. The number of ether oxygens (including phenoxy) is 1. The van der Waals surface area contributed by atoms with E-state index in [0.29, 0.717) is 12.8 Å². The summed E-state index contributed by atoms with van der Waals surface area (Å²) in [4.78, 5) is 31.3. The lowest BCUT2D eigenvalue weighted by atomic mass is 9.85. The van der Waals surface area contributed by atoms with Crippen molar-refractivity contribution in [1.29, 1.82) is 0 Å². The Hall–Kier alpha value is -3.35. The predicted octanol–water partition coefficient (Wildman–Crippen LogP) is 5.66. The van der Waals surface area contributed by atoms with E-state index in [1.54, 1.807) is 4.90 Å². The summed E-state index contributed by atoms with van der Waals surface area (Å²) >= 11 is 0. The molecule has 0 radical (unpaired) electrons. The third-order valence-electron chi connectivity index (χ3n) is 7.70. The van der Waals surface area contributed by atoms with Crippen molar-refractivity contribution in [3.05, 3.63) is 58.9 Å². The van der Waals surface area contributed by atoms with E-state index >= 15 is 0 Å². The molecular weight excluding hydrogens is 442 g/mol. The van der Waals surface area contributed by atoms with Crippen LogP contribution in [-0.4, -0.2) is 39.9 Å². The van der Waals surface area contributed by atoms with Gasteiger partial charge in [0.15, 0.2) is 0 Å². The number of imidazole rings is 1. The average molecular weight is 476 g/mol. The quantitative estimate of drug-likeness (QED) is 0.526. The molecule has 184 valence electrons. The van der Waals surface area contributed by atoms with Crippen LogP contribution in [0.15, 0.2) is 36.4 Å². The molecule has 7 nitrogen and oxygen atoms in total. The SMILES string of the molecule is COC(=O)N1c2ccc3c(nc(Cc4cccc(C)c4)n3[C@@H]3CCC[C@@H](C(=O)O)C3)c2CCC1C. The number of carbonyl (C=O) groups is 2. The van der Waals surface area contributed by atoms with E-state index in [-0.39, 0.29) is 24.1 Å². The molecule has 1 aromatic heterocycles. The third kappa shape index (κ3) is 4.28. The van der Waals surface area contributed by atoms with Crippen molar-refractivity contribution >= 4 is 28.8 Å². The number of carboxylic acids is 1. The van der Waals surface area contributed by atoms with Crippen molar-refractivity contribution in [1.82, 2.24) is 9.55 Å². The van der Waals surface area contributed by atoms with Gasteiger partial charge in [-0.3, -0.25) is 9.69 Å². The number of rotatable bonds is 4. The molecule has 2 heterocycles. The number of benzene rings is 2. The van der Waals surface area contributed by atoms with E-state index in [2.05, 4.69) is 41.8 Å². The zero-order valence-corrected chi connectivity index (χ0v) is 20.7. The Bertz CT molecular complexity index is 1280. The highest BCUT2D eigenvalue weighted by Gasteiger charge is 2.34. The highest BCUT2D eigenvalue weighted by molar-refractivity contribution is 5.95. The van der Waals surface area contributed by atoms with E-state index in [1.165, 1.54) is 18.2 Å². The summed E-state index contributed by atoms with van der Waals surface area (Å²) in [6.07, 6.45) is 5.18. The fraction of sp³-hybridized carbons (Fsp3) is 0.464. The number of carbonyl (C=O) groups excluding carboxylic acids is 1. The number of nitrogens with zero attached hydrogens (tertiary/aromatic N) is 3. The molecule has 3 atom stereocenters. The van der Waals surface area contributed by atoms with E-state index < -0.39 is 5.97 Å². The highest BCUT2D eigenvalue weighted by Crippen LogP contribution is 2.40. The summed E-state index contributed by atoms with van der Waals surface area (Å²) in [5.74, 6) is -0.0796. The molecule has 1 unspecified atom stereocenters. The lowest BCUT2D eigenvalue weighted by Crippen LogP contribution is -2.42. The molecule has 1 fully saturated rings. The van der Waals surface area contributed by atoms with Gasteiger partial charge in [0.25, 0.3) is 0 Å². The fourth-order valence-corrected chi connectivity index (χ4v) is 5.98. The molecule has 1 aliphatic heterocycles. The zero-order chi connectivity index (χ0) is 24.7.